The molecule has 168 valence electrons. The van der Waals surface area contributed by atoms with Crippen LogP contribution in [0.3, 0.4) is 0 Å². The lowest BCUT2D eigenvalue weighted by molar-refractivity contribution is -0.390. The fourth-order valence-electron chi connectivity index (χ4n) is 3.81. The van der Waals surface area contributed by atoms with Gasteiger partial charge in [0.25, 0.3) is 0 Å². The van der Waals surface area contributed by atoms with Gasteiger partial charge in [0.15, 0.2) is 0 Å². The Bertz CT molecular complexity index is 1050. The van der Waals surface area contributed by atoms with Crippen molar-refractivity contribution in [1.29, 1.82) is 0 Å². The molecule has 3 rings (SSSR count). The summed E-state index contributed by atoms with van der Waals surface area (Å²) in [6.45, 7) is 8.05. The molecule has 9 nitrogen and oxygen atoms in total. The number of methoxy groups -OCH3 is 1. The Morgan fingerprint density at radius 2 is 2.10 bits per heavy atom. The molecule has 0 bridgehead atoms. The van der Waals surface area contributed by atoms with Crippen molar-refractivity contribution in [3.8, 4) is 0 Å². The molecule has 1 amide bonds. The summed E-state index contributed by atoms with van der Waals surface area (Å²) in [6, 6.07) is 0. The van der Waals surface area contributed by atoms with Crippen LogP contribution in [0.2, 0.25) is 0 Å². The van der Waals surface area contributed by atoms with Gasteiger partial charge in [0.1, 0.15) is 16.0 Å². The first kappa shape index (κ1) is 23.4. The van der Waals surface area contributed by atoms with E-state index in [0.29, 0.717) is 22.2 Å². The lowest BCUT2D eigenvalue weighted by Crippen LogP contribution is -2.26. The van der Waals surface area contributed by atoms with Crippen LogP contribution in [0.4, 0.5) is 10.8 Å². The van der Waals surface area contributed by atoms with Gasteiger partial charge in [-0.25, -0.2) is 4.79 Å². The Labute approximate surface area is 192 Å². The second kappa shape index (κ2) is 8.70. The second-order valence-electron chi connectivity index (χ2n) is 8.69. The van der Waals surface area contributed by atoms with Gasteiger partial charge < -0.3 is 20.2 Å². The fourth-order valence-corrected chi connectivity index (χ4v) is 5.57. The van der Waals surface area contributed by atoms with E-state index in [0.717, 1.165) is 29.7 Å². The minimum Gasteiger partial charge on any atom is -0.465 e. The molecular formula is C20H25BrN4O5S. The molecule has 1 N–H and O–H groups in total. The normalized spacial score (nSPS) is 16.0. The number of aromatic nitrogens is 2. The van der Waals surface area contributed by atoms with Gasteiger partial charge in [-0.05, 0) is 63.9 Å². The third-order valence-corrected chi connectivity index (χ3v) is 7.81. The van der Waals surface area contributed by atoms with E-state index in [4.69, 9.17) is 4.74 Å². The first-order valence-corrected chi connectivity index (χ1v) is 11.4. The van der Waals surface area contributed by atoms with Crippen LogP contribution in [0.15, 0.2) is 4.47 Å². The van der Waals surface area contributed by atoms with E-state index in [2.05, 4.69) is 47.1 Å². The first-order chi connectivity index (χ1) is 14.4. The Morgan fingerprint density at radius 3 is 2.65 bits per heavy atom. The maximum atomic E-state index is 12.7. The quantitative estimate of drug-likeness (QED) is 0.358. The van der Waals surface area contributed by atoms with Crippen molar-refractivity contribution in [3.63, 3.8) is 0 Å². The van der Waals surface area contributed by atoms with Gasteiger partial charge in [0.05, 0.1) is 23.5 Å². The van der Waals surface area contributed by atoms with Crippen molar-refractivity contribution in [3.05, 3.63) is 36.3 Å². The summed E-state index contributed by atoms with van der Waals surface area (Å²) >= 11 is 4.54. The van der Waals surface area contributed by atoms with Gasteiger partial charge in [-0.3, -0.25) is 4.79 Å². The number of thiophene rings is 1. The van der Waals surface area contributed by atoms with E-state index < -0.39 is 16.8 Å². The molecule has 1 aliphatic rings. The topological polar surface area (TPSA) is 116 Å². The number of nitro groups is 1. The van der Waals surface area contributed by atoms with Crippen molar-refractivity contribution in [2.45, 2.75) is 53.5 Å². The molecular weight excluding hydrogens is 488 g/mol. The largest absolute Gasteiger partial charge is 0.465 e. The second-order valence-corrected chi connectivity index (χ2v) is 10.6. The van der Waals surface area contributed by atoms with Crippen LogP contribution in [0.5, 0.6) is 0 Å². The average molecular weight is 513 g/mol. The van der Waals surface area contributed by atoms with E-state index in [1.54, 1.807) is 6.92 Å². The highest BCUT2D eigenvalue weighted by atomic mass is 79.9. The predicted molar refractivity (Wildman–Crippen MR) is 121 cm³/mol. The molecule has 0 saturated carbocycles. The highest BCUT2D eigenvalue weighted by molar-refractivity contribution is 9.10. The van der Waals surface area contributed by atoms with Gasteiger partial charge in [0, 0.05) is 4.88 Å². The molecule has 0 radical (unpaired) electrons. The van der Waals surface area contributed by atoms with Crippen LogP contribution >= 0.6 is 27.3 Å². The van der Waals surface area contributed by atoms with Crippen molar-refractivity contribution < 1.29 is 19.2 Å². The number of fused-ring (bicyclic) bond motifs is 1. The van der Waals surface area contributed by atoms with E-state index >= 15 is 0 Å². The van der Waals surface area contributed by atoms with Gasteiger partial charge in [0.2, 0.25) is 5.91 Å². The lowest BCUT2D eigenvalue weighted by atomic mass is 9.72. The average Bonchev–Trinajstić information content (AvgIpc) is 3.18. The minimum absolute atomic E-state index is 0.149. The summed E-state index contributed by atoms with van der Waals surface area (Å²) in [6.07, 6.45) is 2.57. The van der Waals surface area contributed by atoms with Crippen molar-refractivity contribution >= 4 is 50.0 Å². The zero-order valence-electron chi connectivity index (χ0n) is 18.1. The Morgan fingerprint density at radius 1 is 1.42 bits per heavy atom. The number of carbonyl (C=O) groups is 2. The van der Waals surface area contributed by atoms with E-state index in [9.17, 15) is 19.7 Å². The molecule has 31 heavy (non-hydrogen) atoms. The van der Waals surface area contributed by atoms with Crippen LogP contribution in [0.25, 0.3) is 0 Å². The van der Waals surface area contributed by atoms with Crippen LogP contribution in [0, 0.1) is 28.4 Å². The number of anilines is 1. The fraction of sp³-hybridized carbons (Fsp3) is 0.550. The molecule has 2 heterocycles. The number of rotatable bonds is 5. The molecule has 1 aliphatic carbocycles. The van der Waals surface area contributed by atoms with Crippen molar-refractivity contribution in [2.75, 3.05) is 12.4 Å². The highest BCUT2D eigenvalue weighted by Gasteiger charge is 2.34. The number of esters is 1. The molecule has 0 saturated heterocycles. The number of carbonyl (C=O) groups excluding carboxylic acids is 2. The van der Waals surface area contributed by atoms with Gasteiger partial charge in [-0.2, -0.15) is 4.68 Å². The van der Waals surface area contributed by atoms with Crippen LogP contribution in [-0.2, 0) is 28.9 Å². The first-order valence-electron chi connectivity index (χ1n) is 9.84. The summed E-state index contributed by atoms with van der Waals surface area (Å²) in [7, 11) is 1.32. The summed E-state index contributed by atoms with van der Waals surface area (Å²) in [5.41, 5.74) is 1.97. The lowest BCUT2D eigenvalue weighted by Gasteiger charge is -2.33. The molecule has 0 aliphatic heterocycles. The van der Waals surface area contributed by atoms with E-state index in [1.807, 2.05) is 0 Å². The monoisotopic (exact) mass is 512 g/mol. The Balaban J connectivity index is 1.87. The molecule has 1 atom stereocenters. The smallest absolute Gasteiger partial charge is 0.404 e. The molecule has 0 fully saturated rings. The minimum atomic E-state index is -0.611. The zero-order valence-corrected chi connectivity index (χ0v) is 20.5. The number of nitrogens with one attached hydrogen (secondary N) is 1. The maximum Gasteiger partial charge on any atom is 0.404 e. The third-order valence-electron chi connectivity index (χ3n) is 5.72. The van der Waals surface area contributed by atoms with Gasteiger partial charge in [-0.15, -0.1) is 11.3 Å². The Kier molecular flexibility index (Phi) is 6.56. The Hall–Kier alpha value is -2.27. The number of nitrogens with zero attached hydrogens (tertiary/aromatic N) is 3. The maximum absolute atomic E-state index is 12.7. The SMILES string of the molecule is COC(=O)c1c(NC(=O)Cn2nc([N+](=O)[O-])c(Br)c2C)sc2c1CCC(C(C)(C)C)C2. The standard InChI is InChI=1S/C20H25BrN4O5S/c1-10-16(21)17(25(28)29)23-24(10)9-14(26)22-18-15(19(27)30-5)12-7-6-11(20(2,3)4)8-13(12)31-18/h11H,6-9H2,1-5H3,(H,22,26). The highest BCUT2D eigenvalue weighted by Crippen LogP contribution is 2.44. The molecule has 0 aromatic carbocycles. The number of ether oxygens (including phenoxy) is 1. The summed E-state index contributed by atoms with van der Waals surface area (Å²) in [5.74, 6) is -0.766. The van der Waals surface area contributed by atoms with Gasteiger partial charge >= 0.3 is 11.8 Å². The van der Waals surface area contributed by atoms with Crippen molar-refractivity contribution in [1.82, 2.24) is 9.78 Å². The molecule has 11 heteroatoms. The van der Waals surface area contributed by atoms with Crippen LogP contribution in [-0.4, -0.2) is 33.7 Å². The van der Waals surface area contributed by atoms with Crippen LogP contribution in [0.1, 0.15) is 53.7 Å². The number of hydrogen-bond acceptors (Lipinski definition) is 7. The van der Waals surface area contributed by atoms with Crippen molar-refractivity contribution in [2.24, 2.45) is 11.3 Å². The number of halogens is 1. The summed E-state index contributed by atoms with van der Waals surface area (Å²) in [4.78, 5) is 36.8. The number of hydrogen-bond donors (Lipinski definition) is 1. The predicted octanol–water partition coefficient (Wildman–Crippen LogP) is 4.50. The van der Waals surface area contributed by atoms with Crippen LogP contribution < -0.4 is 5.32 Å². The summed E-state index contributed by atoms with van der Waals surface area (Å²) < 4.78 is 6.48. The molecule has 0 spiro atoms. The molecule has 1 unspecified atom stereocenters. The third kappa shape index (κ3) is 4.67. The van der Waals surface area contributed by atoms with E-state index in [-0.39, 0.29) is 22.3 Å². The summed E-state index contributed by atoms with van der Waals surface area (Å²) in [5, 5.41) is 18.2. The number of amides is 1. The van der Waals surface area contributed by atoms with Gasteiger partial charge in [-0.1, -0.05) is 20.8 Å². The molecule has 2 aromatic rings. The van der Waals surface area contributed by atoms with E-state index in [1.165, 1.54) is 23.1 Å². The molecule has 2 aromatic heterocycles. The zero-order chi connectivity index (χ0) is 23.1.